The number of benzene rings is 1. The zero-order valence-electron chi connectivity index (χ0n) is 16.2. The number of methoxy groups -OCH3 is 1. The Balaban J connectivity index is 0.00000320. The Morgan fingerprint density at radius 1 is 1.40 bits per heavy atom. The van der Waals surface area contributed by atoms with E-state index in [4.69, 9.17) is 21.1 Å². The number of aromatic nitrogens is 2. The summed E-state index contributed by atoms with van der Waals surface area (Å²) in [5.74, 6) is -1.71. The molecule has 0 saturated carbocycles. The van der Waals surface area contributed by atoms with Gasteiger partial charge in [-0.05, 0) is 37.5 Å². The highest BCUT2D eigenvalue weighted by Gasteiger charge is 2.26. The fraction of sp³-hybridized carbons (Fsp3) is 0.389. The molecule has 2 heterocycles. The van der Waals surface area contributed by atoms with E-state index in [1.54, 1.807) is 0 Å². The van der Waals surface area contributed by atoms with Crippen LogP contribution in [0.4, 0.5) is 10.3 Å². The van der Waals surface area contributed by atoms with Crippen molar-refractivity contribution in [3.8, 4) is 5.75 Å². The first kappa shape index (κ1) is 24.3. The second kappa shape index (κ2) is 9.90. The van der Waals surface area contributed by atoms with Crippen molar-refractivity contribution < 1.29 is 27.1 Å². The molecule has 0 unspecified atom stereocenters. The van der Waals surface area contributed by atoms with Gasteiger partial charge in [0, 0.05) is 6.61 Å². The average Bonchev–Trinajstić information content (AvgIpc) is 3.17. The van der Waals surface area contributed by atoms with E-state index in [0.29, 0.717) is 19.6 Å². The van der Waals surface area contributed by atoms with Crippen molar-refractivity contribution in [2.45, 2.75) is 18.2 Å². The van der Waals surface area contributed by atoms with Gasteiger partial charge in [-0.1, -0.05) is 11.6 Å². The number of amides is 1. The molecule has 1 aromatic heterocycles. The standard InChI is InChI=1S/C18H19ClFN3O5S.H2S/c1-10-15(20)16(19)22-18(21-10)23-17(24)13-7-12(3-4-14(13)27-2)29(25,26)9-11-5-6-28-8-11;/h3-4,7,11H,5-6,8-9H2,1-2H3,(H,21,22,23,24);1H2/t11-;/m0./s1. The molecule has 1 aromatic carbocycles. The first-order valence-electron chi connectivity index (χ1n) is 8.71. The van der Waals surface area contributed by atoms with Crippen molar-refractivity contribution >= 4 is 46.8 Å². The summed E-state index contributed by atoms with van der Waals surface area (Å²) >= 11 is 5.68. The van der Waals surface area contributed by atoms with Crippen LogP contribution < -0.4 is 10.1 Å². The van der Waals surface area contributed by atoms with Gasteiger partial charge < -0.3 is 9.47 Å². The van der Waals surface area contributed by atoms with E-state index < -0.39 is 26.7 Å². The monoisotopic (exact) mass is 477 g/mol. The molecular formula is C18H21ClFN3O5S2. The molecule has 1 fully saturated rings. The highest BCUT2D eigenvalue weighted by atomic mass is 35.5. The number of ether oxygens (including phenoxy) is 2. The van der Waals surface area contributed by atoms with Crippen LogP contribution in [0, 0.1) is 18.7 Å². The van der Waals surface area contributed by atoms with E-state index in [2.05, 4.69) is 15.3 Å². The number of carbonyl (C=O) groups excluding carboxylic acids is 1. The molecule has 2 aromatic rings. The summed E-state index contributed by atoms with van der Waals surface area (Å²) in [7, 11) is -2.28. The second-order valence-corrected chi connectivity index (χ2v) is 8.96. The summed E-state index contributed by atoms with van der Waals surface area (Å²) in [6.45, 7) is 2.31. The third-order valence-corrected chi connectivity index (χ3v) is 6.59. The Morgan fingerprint density at radius 2 is 2.13 bits per heavy atom. The highest BCUT2D eigenvalue weighted by molar-refractivity contribution is 7.91. The van der Waals surface area contributed by atoms with Gasteiger partial charge in [0.25, 0.3) is 5.91 Å². The van der Waals surface area contributed by atoms with Gasteiger partial charge in [0.15, 0.2) is 20.8 Å². The first-order chi connectivity index (χ1) is 13.7. The van der Waals surface area contributed by atoms with Gasteiger partial charge in [-0.2, -0.15) is 18.5 Å². The minimum absolute atomic E-state index is 0. The van der Waals surface area contributed by atoms with Crippen molar-refractivity contribution in [1.29, 1.82) is 0 Å². The van der Waals surface area contributed by atoms with Crippen molar-refractivity contribution in [3.05, 3.63) is 40.4 Å². The molecular weight excluding hydrogens is 457 g/mol. The largest absolute Gasteiger partial charge is 0.496 e. The smallest absolute Gasteiger partial charge is 0.261 e. The molecule has 0 radical (unpaired) electrons. The topological polar surface area (TPSA) is 107 Å². The van der Waals surface area contributed by atoms with E-state index in [1.807, 2.05) is 0 Å². The normalized spacial score (nSPS) is 16.1. The number of aryl methyl sites for hydroxylation is 1. The third kappa shape index (κ3) is 5.39. The molecule has 1 atom stereocenters. The number of anilines is 1. The predicted molar refractivity (Wildman–Crippen MR) is 114 cm³/mol. The van der Waals surface area contributed by atoms with Gasteiger partial charge in [0.05, 0.1) is 35.6 Å². The van der Waals surface area contributed by atoms with Crippen molar-refractivity contribution in [3.63, 3.8) is 0 Å². The molecule has 0 spiro atoms. The Hall–Kier alpha value is -1.95. The second-order valence-electron chi connectivity index (χ2n) is 6.56. The van der Waals surface area contributed by atoms with E-state index in [9.17, 15) is 17.6 Å². The van der Waals surface area contributed by atoms with Crippen LogP contribution in [-0.2, 0) is 14.6 Å². The summed E-state index contributed by atoms with van der Waals surface area (Å²) in [5, 5.41) is 1.95. The number of hydrogen-bond donors (Lipinski definition) is 1. The third-order valence-electron chi connectivity index (χ3n) is 4.46. The van der Waals surface area contributed by atoms with Crippen LogP contribution in [0.1, 0.15) is 22.5 Å². The van der Waals surface area contributed by atoms with Crippen LogP contribution in [0.2, 0.25) is 5.15 Å². The van der Waals surface area contributed by atoms with Gasteiger partial charge in [0.2, 0.25) is 5.95 Å². The summed E-state index contributed by atoms with van der Waals surface area (Å²) in [6, 6.07) is 4.02. The number of carbonyl (C=O) groups is 1. The molecule has 30 heavy (non-hydrogen) atoms. The Kier molecular flexibility index (Phi) is 8.03. The molecule has 0 aliphatic carbocycles. The minimum atomic E-state index is -3.63. The van der Waals surface area contributed by atoms with Gasteiger partial charge in [0.1, 0.15) is 5.75 Å². The molecule has 1 aliphatic heterocycles. The van der Waals surface area contributed by atoms with E-state index >= 15 is 0 Å². The number of rotatable bonds is 6. The maximum Gasteiger partial charge on any atom is 0.261 e. The fourth-order valence-electron chi connectivity index (χ4n) is 2.93. The molecule has 0 bridgehead atoms. The maximum absolute atomic E-state index is 13.6. The molecule has 1 aliphatic rings. The van der Waals surface area contributed by atoms with E-state index in [0.717, 1.165) is 0 Å². The van der Waals surface area contributed by atoms with Crippen LogP contribution in [0.3, 0.4) is 0 Å². The lowest BCUT2D eigenvalue weighted by Crippen LogP contribution is -2.19. The maximum atomic E-state index is 13.6. The summed E-state index contributed by atoms with van der Waals surface area (Å²) in [4.78, 5) is 20.2. The molecule has 3 rings (SSSR count). The van der Waals surface area contributed by atoms with Crippen LogP contribution in [-0.4, -0.2) is 50.4 Å². The molecule has 1 saturated heterocycles. The molecule has 164 valence electrons. The number of nitrogens with one attached hydrogen (secondary N) is 1. The van der Waals surface area contributed by atoms with Crippen LogP contribution in [0.25, 0.3) is 0 Å². The van der Waals surface area contributed by atoms with Gasteiger partial charge >= 0.3 is 0 Å². The molecule has 12 heteroatoms. The number of halogens is 2. The van der Waals surface area contributed by atoms with E-state index in [-0.39, 0.29) is 53.0 Å². The Labute approximate surface area is 185 Å². The highest BCUT2D eigenvalue weighted by Crippen LogP contribution is 2.26. The van der Waals surface area contributed by atoms with E-state index in [1.165, 1.54) is 32.2 Å². The molecule has 8 nitrogen and oxygen atoms in total. The quantitative estimate of drug-likeness (QED) is 0.637. The Bertz CT molecular complexity index is 1020. The zero-order valence-corrected chi connectivity index (χ0v) is 18.8. The van der Waals surface area contributed by atoms with Gasteiger partial charge in [-0.25, -0.2) is 17.8 Å². The predicted octanol–water partition coefficient (Wildman–Crippen LogP) is 2.76. The lowest BCUT2D eigenvalue weighted by atomic mass is 10.2. The minimum Gasteiger partial charge on any atom is -0.496 e. The van der Waals surface area contributed by atoms with Crippen molar-refractivity contribution in [2.75, 3.05) is 31.4 Å². The SMILES string of the molecule is COc1ccc(S(=O)(=O)C[C@H]2CCOC2)cc1C(=O)Nc1nc(C)c(F)c(Cl)n1.S. The van der Waals surface area contributed by atoms with Gasteiger partial charge in [-0.15, -0.1) is 0 Å². The first-order valence-corrected chi connectivity index (χ1v) is 10.7. The summed E-state index contributed by atoms with van der Waals surface area (Å²) < 4.78 is 49.4. The number of hydrogen-bond acceptors (Lipinski definition) is 7. The van der Waals surface area contributed by atoms with Crippen molar-refractivity contribution in [2.24, 2.45) is 5.92 Å². The van der Waals surface area contributed by atoms with Gasteiger partial charge in [-0.3, -0.25) is 10.1 Å². The number of nitrogens with zero attached hydrogens (tertiary/aromatic N) is 2. The average molecular weight is 478 g/mol. The fourth-order valence-corrected chi connectivity index (χ4v) is 4.79. The van der Waals surface area contributed by atoms with Crippen LogP contribution >= 0.6 is 25.1 Å². The van der Waals surface area contributed by atoms with Crippen LogP contribution in [0.15, 0.2) is 23.1 Å². The summed E-state index contributed by atoms with van der Waals surface area (Å²) in [5.41, 5.74) is -0.0691. The lowest BCUT2D eigenvalue weighted by Gasteiger charge is -2.13. The number of sulfone groups is 1. The zero-order chi connectivity index (χ0) is 21.2. The van der Waals surface area contributed by atoms with Crippen molar-refractivity contribution in [1.82, 2.24) is 9.97 Å². The lowest BCUT2D eigenvalue weighted by molar-refractivity contribution is 0.102. The molecule has 1 N–H and O–H groups in total. The summed E-state index contributed by atoms with van der Waals surface area (Å²) in [6.07, 6.45) is 0.671. The molecule has 1 amide bonds. The Morgan fingerprint density at radius 3 is 2.73 bits per heavy atom. The van der Waals surface area contributed by atoms with Crippen LogP contribution in [0.5, 0.6) is 5.75 Å².